The number of hydrogen-bond acceptors (Lipinski definition) is 1. The fourth-order valence-corrected chi connectivity index (χ4v) is 2.64. The van der Waals surface area contributed by atoms with Crippen molar-refractivity contribution in [3.63, 3.8) is 0 Å². The Labute approximate surface area is 73.8 Å². The SMILES string of the molecule is CC1CC(=O)C2=CCCCC21C. The molecule has 12 heavy (non-hydrogen) atoms. The molecule has 0 saturated heterocycles. The van der Waals surface area contributed by atoms with E-state index in [0.29, 0.717) is 11.7 Å². The zero-order valence-electron chi connectivity index (χ0n) is 7.89. The molecule has 2 unspecified atom stereocenters. The molecule has 2 rings (SSSR count). The van der Waals surface area contributed by atoms with E-state index in [1.165, 1.54) is 12.8 Å². The molecule has 0 spiro atoms. The summed E-state index contributed by atoms with van der Waals surface area (Å²) < 4.78 is 0. The highest BCUT2D eigenvalue weighted by molar-refractivity contribution is 5.99. The third kappa shape index (κ3) is 0.886. The number of Topliss-reactive ketones (excluding diaryl/α,β-unsaturated/α-hetero) is 1. The minimum atomic E-state index is 0.231. The molecule has 0 N–H and O–H groups in total. The van der Waals surface area contributed by atoms with Gasteiger partial charge in [0.1, 0.15) is 0 Å². The molecule has 0 heterocycles. The first-order chi connectivity index (χ1) is 5.64. The molecule has 2 aliphatic rings. The fourth-order valence-electron chi connectivity index (χ4n) is 2.64. The van der Waals surface area contributed by atoms with Gasteiger partial charge in [-0.15, -0.1) is 0 Å². The molecule has 1 nitrogen and oxygen atoms in total. The van der Waals surface area contributed by atoms with Gasteiger partial charge in [-0.25, -0.2) is 0 Å². The highest BCUT2D eigenvalue weighted by atomic mass is 16.1. The zero-order valence-corrected chi connectivity index (χ0v) is 7.89. The lowest BCUT2D eigenvalue weighted by molar-refractivity contribution is -0.114. The first-order valence-electron chi connectivity index (χ1n) is 4.88. The van der Waals surface area contributed by atoms with Gasteiger partial charge in [0.2, 0.25) is 0 Å². The smallest absolute Gasteiger partial charge is 0.159 e. The van der Waals surface area contributed by atoms with Crippen LogP contribution in [0.1, 0.15) is 39.5 Å². The normalized spacial score (nSPS) is 41.0. The molecule has 0 radical (unpaired) electrons. The van der Waals surface area contributed by atoms with Crippen LogP contribution in [-0.2, 0) is 4.79 Å². The predicted molar refractivity (Wildman–Crippen MR) is 48.8 cm³/mol. The van der Waals surface area contributed by atoms with Crippen molar-refractivity contribution in [1.82, 2.24) is 0 Å². The van der Waals surface area contributed by atoms with Crippen LogP contribution in [0.15, 0.2) is 11.6 Å². The molecule has 0 aliphatic heterocycles. The summed E-state index contributed by atoms with van der Waals surface area (Å²) >= 11 is 0. The van der Waals surface area contributed by atoms with Crippen molar-refractivity contribution in [1.29, 1.82) is 0 Å². The van der Waals surface area contributed by atoms with E-state index in [9.17, 15) is 4.79 Å². The van der Waals surface area contributed by atoms with Gasteiger partial charge >= 0.3 is 0 Å². The number of ketones is 1. The molecule has 0 aromatic rings. The summed E-state index contributed by atoms with van der Waals surface area (Å²) in [4.78, 5) is 11.6. The molecule has 1 fully saturated rings. The van der Waals surface area contributed by atoms with E-state index in [1.807, 2.05) is 0 Å². The number of hydrogen-bond donors (Lipinski definition) is 0. The second-order valence-corrected chi connectivity index (χ2v) is 4.46. The van der Waals surface area contributed by atoms with E-state index >= 15 is 0 Å². The second kappa shape index (κ2) is 2.45. The molecule has 0 aromatic carbocycles. The Kier molecular flexibility index (Phi) is 1.64. The molecule has 2 atom stereocenters. The van der Waals surface area contributed by atoms with E-state index in [4.69, 9.17) is 0 Å². The van der Waals surface area contributed by atoms with E-state index < -0.39 is 0 Å². The first kappa shape index (κ1) is 8.03. The molecular formula is C11H16O. The quantitative estimate of drug-likeness (QED) is 0.538. The average molecular weight is 164 g/mol. The third-order valence-corrected chi connectivity index (χ3v) is 3.74. The van der Waals surface area contributed by atoms with Gasteiger partial charge in [-0.05, 0) is 36.2 Å². The van der Waals surface area contributed by atoms with Crippen LogP contribution in [-0.4, -0.2) is 5.78 Å². The Balaban J connectivity index is 2.42. The van der Waals surface area contributed by atoms with Crippen LogP contribution in [0.5, 0.6) is 0 Å². The maximum absolute atomic E-state index is 11.6. The Morgan fingerprint density at radius 2 is 2.33 bits per heavy atom. The lowest BCUT2D eigenvalue weighted by Crippen LogP contribution is -2.24. The van der Waals surface area contributed by atoms with Crippen LogP contribution >= 0.6 is 0 Å². The van der Waals surface area contributed by atoms with Gasteiger partial charge < -0.3 is 0 Å². The van der Waals surface area contributed by atoms with Crippen LogP contribution in [0.3, 0.4) is 0 Å². The van der Waals surface area contributed by atoms with Crippen molar-refractivity contribution < 1.29 is 4.79 Å². The minimum absolute atomic E-state index is 0.231. The van der Waals surface area contributed by atoms with E-state index in [-0.39, 0.29) is 5.41 Å². The summed E-state index contributed by atoms with van der Waals surface area (Å²) in [5.74, 6) is 0.973. The van der Waals surface area contributed by atoms with Gasteiger partial charge in [-0.3, -0.25) is 4.79 Å². The summed E-state index contributed by atoms with van der Waals surface area (Å²) in [6.07, 6.45) is 6.55. The summed E-state index contributed by atoms with van der Waals surface area (Å²) in [5.41, 5.74) is 1.37. The molecule has 0 aromatic heterocycles. The van der Waals surface area contributed by atoms with Gasteiger partial charge in [-0.1, -0.05) is 19.9 Å². The predicted octanol–water partition coefficient (Wildman–Crippen LogP) is 2.71. The van der Waals surface area contributed by atoms with Crippen LogP contribution in [0.2, 0.25) is 0 Å². The Morgan fingerprint density at radius 3 is 3.00 bits per heavy atom. The molecule has 1 heteroatoms. The van der Waals surface area contributed by atoms with Crippen LogP contribution in [0, 0.1) is 11.3 Å². The van der Waals surface area contributed by atoms with E-state index in [0.717, 1.165) is 18.4 Å². The fraction of sp³-hybridized carbons (Fsp3) is 0.727. The number of fused-ring (bicyclic) bond motifs is 1. The standard InChI is InChI=1S/C11H16O/c1-8-7-10(12)9-5-3-4-6-11(8,9)2/h5,8H,3-4,6-7H2,1-2H3. The lowest BCUT2D eigenvalue weighted by Gasteiger charge is -2.32. The summed E-state index contributed by atoms with van der Waals surface area (Å²) in [5, 5.41) is 0. The van der Waals surface area contributed by atoms with Crippen molar-refractivity contribution in [2.24, 2.45) is 11.3 Å². The van der Waals surface area contributed by atoms with Gasteiger partial charge in [0.15, 0.2) is 5.78 Å². The van der Waals surface area contributed by atoms with Crippen molar-refractivity contribution in [2.75, 3.05) is 0 Å². The molecule has 66 valence electrons. The monoisotopic (exact) mass is 164 g/mol. The molecule has 2 aliphatic carbocycles. The number of allylic oxidation sites excluding steroid dienone is 2. The summed E-state index contributed by atoms with van der Waals surface area (Å²) in [6, 6.07) is 0. The number of carbonyl (C=O) groups excluding carboxylic acids is 1. The van der Waals surface area contributed by atoms with E-state index in [1.54, 1.807) is 0 Å². The highest BCUT2D eigenvalue weighted by Gasteiger charge is 2.45. The average Bonchev–Trinajstić information content (AvgIpc) is 2.25. The minimum Gasteiger partial charge on any atom is -0.295 e. The Bertz CT molecular complexity index is 252. The molecule has 0 bridgehead atoms. The van der Waals surface area contributed by atoms with Crippen molar-refractivity contribution in [2.45, 2.75) is 39.5 Å². The maximum Gasteiger partial charge on any atom is 0.159 e. The number of rotatable bonds is 0. The third-order valence-electron chi connectivity index (χ3n) is 3.74. The van der Waals surface area contributed by atoms with Crippen molar-refractivity contribution >= 4 is 5.78 Å². The highest BCUT2D eigenvalue weighted by Crippen LogP contribution is 2.50. The second-order valence-electron chi connectivity index (χ2n) is 4.46. The largest absolute Gasteiger partial charge is 0.295 e. The Hall–Kier alpha value is -0.590. The van der Waals surface area contributed by atoms with Gasteiger partial charge in [0.05, 0.1) is 0 Å². The van der Waals surface area contributed by atoms with Crippen LogP contribution in [0.25, 0.3) is 0 Å². The molecule has 1 saturated carbocycles. The summed E-state index contributed by atoms with van der Waals surface area (Å²) in [7, 11) is 0. The maximum atomic E-state index is 11.6. The molecule has 0 amide bonds. The van der Waals surface area contributed by atoms with Crippen LogP contribution in [0.4, 0.5) is 0 Å². The first-order valence-corrected chi connectivity index (χ1v) is 4.88. The van der Waals surface area contributed by atoms with Crippen molar-refractivity contribution in [3.8, 4) is 0 Å². The van der Waals surface area contributed by atoms with Crippen LogP contribution < -0.4 is 0 Å². The Morgan fingerprint density at radius 1 is 1.58 bits per heavy atom. The number of carbonyl (C=O) groups is 1. The van der Waals surface area contributed by atoms with Gasteiger partial charge in [0, 0.05) is 6.42 Å². The zero-order chi connectivity index (χ0) is 8.77. The lowest BCUT2D eigenvalue weighted by atomic mass is 9.71. The van der Waals surface area contributed by atoms with Gasteiger partial charge in [0.25, 0.3) is 0 Å². The van der Waals surface area contributed by atoms with Gasteiger partial charge in [-0.2, -0.15) is 0 Å². The van der Waals surface area contributed by atoms with Crippen molar-refractivity contribution in [3.05, 3.63) is 11.6 Å². The molecular weight excluding hydrogens is 148 g/mol. The summed E-state index contributed by atoms with van der Waals surface area (Å²) in [6.45, 7) is 4.47. The van der Waals surface area contributed by atoms with E-state index in [2.05, 4.69) is 19.9 Å². The topological polar surface area (TPSA) is 17.1 Å².